The second-order valence-electron chi connectivity index (χ2n) is 5.19. The van der Waals surface area contributed by atoms with Crippen molar-refractivity contribution in [2.24, 2.45) is 11.8 Å². The van der Waals surface area contributed by atoms with Gasteiger partial charge >= 0.3 is 0 Å². The number of aromatic hydroxyl groups is 1. The van der Waals surface area contributed by atoms with Crippen LogP contribution in [-0.2, 0) is 9.59 Å². The number of hydrogen-bond acceptors (Lipinski definition) is 3. The van der Waals surface area contributed by atoms with Crippen LogP contribution in [0.1, 0.15) is 19.8 Å². The summed E-state index contributed by atoms with van der Waals surface area (Å²) in [6, 6.07) is 3.09. The molecule has 0 unspecified atom stereocenters. The maximum absolute atomic E-state index is 11.8. The molecule has 0 aliphatic heterocycles. The van der Waals surface area contributed by atoms with Crippen molar-refractivity contribution in [3.63, 3.8) is 0 Å². The van der Waals surface area contributed by atoms with Crippen molar-refractivity contribution in [2.45, 2.75) is 19.8 Å². The van der Waals surface area contributed by atoms with Gasteiger partial charge in [-0.1, -0.05) is 34.5 Å². The predicted molar refractivity (Wildman–Crippen MR) is 84.3 cm³/mol. The Morgan fingerprint density at radius 3 is 2.76 bits per heavy atom. The van der Waals surface area contributed by atoms with Crippen LogP contribution in [0.4, 0.5) is 5.69 Å². The lowest BCUT2D eigenvalue weighted by molar-refractivity contribution is -0.122. The van der Waals surface area contributed by atoms with E-state index in [4.69, 9.17) is 11.6 Å². The van der Waals surface area contributed by atoms with E-state index in [0.29, 0.717) is 10.4 Å². The minimum absolute atomic E-state index is 0.00338. The molecule has 0 radical (unpaired) electrons. The van der Waals surface area contributed by atoms with Gasteiger partial charge in [-0.15, -0.1) is 0 Å². The Morgan fingerprint density at radius 1 is 1.48 bits per heavy atom. The topological polar surface area (TPSA) is 78.4 Å². The molecule has 2 atom stereocenters. The largest absolute Gasteiger partial charge is 0.504 e. The van der Waals surface area contributed by atoms with E-state index in [0.717, 1.165) is 6.42 Å². The molecule has 1 aromatic rings. The van der Waals surface area contributed by atoms with Crippen molar-refractivity contribution < 1.29 is 14.7 Å². The minimum Gasteiger partial charge on any atom is -0.504 e. The highest BCUT2D eigenvalue weighted by Gasteiger charge is 2.38. The number of rotatable bonds is 5. The van der Waals surface area contributed by atoms with Crippen molar-refractivity contribution in [1.29, 1.82) is 0 Å². The zero-order valence-corrected chi connectivity index (χ0v) is 13.8. The van der Waals surface area contributed by atoms with Crippen LogP contribution >= 0.6 is 27.5 Å². The van der Waals surface area contributed by atoms with Gasteiger partial charge in [0, 0.05) is 23.4 Å². The first-order valence-corrected chi connectivity index (χ1v) is 7.81. The Balaban J connectivity index is 1.81. The number of carbonyl (C=O) groups is 2. The SMILES string of the molecule is C[C@@H]1C[C@@H]1C(=O)NCCC(=O)Nc1cc(Br)cc(Cl)c1O. The molecule has 1 fully saturated rings. The van der Waals surface area contributed by atoms with E-state index >= 15 is 0 Å². The van der Waals surface area contributed by atoms with Gasteiger partial charge in [0.1, 0.15) is 0 Å². The van der Waals surface area contributed by atoms with Gasteiger partial charge in [0.15, 0.2) is 5.75 Å². The number of carbonyl (C=O) groups excluding carboxylic acids is 2. The molecular formula is C14H16BrClN2O3. The highest BCUT2D eigenvalue weighted by molar-refractivity contribution is 9.10. The van der Waals surface area contributed by atoms with E-state index in [1.54, 1.807) is 6.07 Å². The van der Waals surface area contributed by atoms with Crippen molar-refractivity contribution >= 4 is 45.0 Å². The van der Waals surface area contributed by atoms with Crippen molar-refractivity contribution in [3.05, 3.63) is 21.6 Å². The number of benzene rings is 1. The minimum atomic E-state index is -0.302. The average Bonchev–Trinajstić information content (AvgIpc) is 3.12. The van der Waals surface area contributed by atoms with Gasteiger partial charge < -0.3 is 15.7 Å². The van der Waals surface area contributed by atoms with Gasteiger partial charge in [0.05, 0.1) is 10.7 Å². The highest BCUT2D eigenvalue weighted by atomic mass is 79.9. The molecular weight excluding hydrogens is 360 g/mol. The number of nitrogens with one attached hydrogen (secondary N) is 2. The average molecular weight is 376 g/mol. The number of amides is 2. The molecule has 1 aromatic carbocycles. The molecule has 21 heavy (non-hydrogen) atoms. The summed E-state index contributed by atoms with van der Waals surface area (Å²) in [5.41, 5.74) is 0.238. The molecule has 0 spiro atoms. The number of anilines is 1. The first-order chi connectivity index (χ1) is 9.88. The molecule has 1 aliphatic carbocycles. The van der Waals surface area contributed by atoms with Crippen molar-refractivity contribution in [3.8, 4) is 5.75 Å². The number of phenolic OH excluding ortho intramolecular Hbond substituents is 1. The van der Waals surface area contributed by atoms with Crippen molar-refractivity contribution in [2.75, 3.05) is 11.9 Å². The zero-order valence-electron chi connectivity index (χ0n) is 11.5. The fourth-order valence-corrected chi connectivity index (χ4v) is 2.80. The van der Waals surface area contributed by atoms with Crippen LogP contribution in [-0.4, -0.2) is 23.5 Å². The summed E-state index contributed by atoms with van der Waals surface area (Å²) in [6.45, 7) is 2.30. The van der Waals surface area contributed by atoms with Gasteiger partial charge in [0.2, 0.25) is 11.8 Å². The molecule has 5 nitrogen and oxygen atoms in total. The molecule has 1 aliphatic rings. The molecule has 3 N–H and O–H groups in total. The van der Waals surface area contributed by atoms with Gasteiger partial charge in [-0.05, 0) is 24.5 Å². The molecule has 0 bridgehead atoms. The van der Waals surface area contributed by atoms with E-state index in [1.165, 1.54) is 6.07 Å². The number of halogens is 2. The quantitative estimate of drug-likeness (QED) is 0.692. The van der Waals surface area contributed by atoms with Gasteiger partial charge in [-0.25, -0.2) is 0 Å². The Labute approximate surface area is 136 Å². The van der Waals surface area contributed by atoms with Crippen LogP contribution in [0.15, 0.2) is 16.6 Å². The van der Waals surface area contributed by atoms with Gasteiger partial charge in [0.25, 0.3) is 0 Å². The molecule has 0 heterocycles. The molecule has 0 aromatic heterocycles. The van der Waals surface area contributed by atoms with Crippen LogP contribution in [0.3, 0.4) is 0 Å². The third kappa shape index (κ3) is 4.35. The van der Waals surface area contributed by atoms with Crippen LogP contribution < -0.4 is 10.6 Å². The number of phenols is 1. The van der Waals surface area contributed by atoms with Crippen LogP contribution in [0.5, 0.6) is 5.75 Å². The van der Waals surface area contributed by atoms with Crippen molar-refractivity contribution in [1.82, 2.24) is 5.32 Å². The summed E-state index contributed by atoms with van der Waals surface area (Å²) in [4.78, 5) is 23.4. The maximum atomic E-state index is 11.8. The molecule has 7 heteroatoms. The summed E-state index contributed by atoms with van der Waals surface area (Å²) >= 11 is 9.05. The van der Waals surface area contributed by atoms with E-state index in [9.17, 15) is 14.7 Å². The zero-order chi connectivity index (χ0) is 15.6. The second-order valence-corrected chi connectivity index (χ2v) is 6.52. The van der Waals surface area contributed by atoms with Gasteiger partial charge in [-0.3, -0.25) is 9.59 Å². The third-order valence-electron chi connectivity index (χ3n) is 3.40. The second kappa shape index (κ2) is 6.66. The Morgan fingerprint density at radius 2 is 2.14 bits per heavy atom. The lowest BCUT2D eigenvalue weighted by atomic mass is 10.2. The monoisotopic (exact) mass is 374 g/mol. The number of hydrogen-bond donors (Lipinski definition) is 3. The summed E-state index contributed by atoms with van der Waals surface area (Å²) in [5.74, 6) is 0.0666. The summed E-state index contributed by atoms with van der Waals surface area (Å²) in [6.07, 6.45) is 1.05. The maximum Gasteiger partial charge on any atom is 0.226 e. The summed E-state index contributed by atoms with van der Waals surface area (Å²) in [5, 5.41) is 15.2. The summed E-state index contributed by atoms with van der Waals surface area (Å²) < 4.78 is 0.650. The van der Waals surface area contributed by atoms with E-state index in [-0.39, 0.29) is 47.2 Å². The van der Waals surface area contributed by atoms with Crippen LogP contribution in [0, 0.1) is 11.8 Å². The Kier molecular flexibility index (Phi) is 5.11. The third-order valence-corrected chi connectivity index (χ3v) is 4.15. The van der Waals surface area contributed by atoms with Crippen LogP contribution in [0.25, 0.3) is 0 Å². The Bertz CT molecular complexity index is 580. The fraction of sp³-hybridized carbons (Fsp3) is 0.429. The van der Waals surface area contributed by atoms with E-state index < -0.39 is 0 Å². The lowest BCUT2D eigenvalue weighted by Crippen LogP contribution is -2.29. The molecule has 1 saturated carbocycles. The smallest absolute Gasteiger partial charge is 0.226 e. The lowest BCUT2D eigenvalue weighted by Gasteiger charge is -2.09. The molecule has 2 amide bonds. The van der Waals surface area contributed by atoms with Crippen LogP contribution in [0.2, 0.25) is 5.02 Å². The van der Waals surface area contributed by atoms with E-state index in [2.05, 4.69) is 26.6 Å². The molecule has 114 valence electrons. The first kappa shape index (κ1) is 16.1. The molecule has 2 rings (SSSR count). The molecule has 0 saturated heterocycles. The standard InChI is InChI=1S/C14H16BrClN2O3/c1-7-4-9(7)14(21)17-3-2-12(19)18-11-6-8(15)5-10(16)13(11)20/h5-7,9,20H,2-4H2,1H3,(H,17,21)(H,18,19)/t7-,9+/m1/s1. The Hall–Kier alpha value is -1.27. The normalized spacial score (nSPS) is 20.0. The van der Waals surface area contributed by atoms with Gasteiger partial charge in [-0.2, -0.15) is 0 Å². The predicted octanol–water partition coefficient (Wildman–Crippen LogP) is 2.91. The fourth-order valence-electron chi connectivity index (χ4n) is 1.99. The highest BCUT2D eigenvalue weighted by Crippen LogP contribution is 2.37. The summed E-state index contributed by atoms with van der Waals surface area (Å²) in [7, 11) is 0. The van der Waals surface area contributed by atoms with E-state index in [1.807, 2.05) is 6.92 Å². The first-order valence-electron chi connectivity index (χ1n) is 6.64.